The van der Waals surface area contributed by atoms with Gasteiger partial charge in [0, 0.05) is 0 Å². The molecule has 0 fully saturated rings. The molecule has 1 heterocycles. The van der Waals surface area contributed by atoms with Gasteiger partial charge in [0.25, 0.3) is 0 Å². The van der Waals surface area contributed by atoms with E-state index in [1.807, 2.05) is 23.1 Å². The van der Waals surface area contributed by atoms with Crippen molar-refractivity contribution in [2.45, 2.75) is 88.3 Å². The molecule has 0 amide bonds. The second kappa shape index (κ2) is 7.58. The van der Waals surface area contributed by atoms with E-state index in [-0.39, 0.29) is 10.1 Å². The highest BCUT2D eigenvalue weighted by atomic mass is 32.2. The fourth-order valence-corrected chi connectivity index (χ4v) is 6.54. The Balaban J connectivity index is 2.57. The highest BCUT2D eigenvalue weighted by molar-refractivity contribution is 8.23. The Bertz CT molecular complexity index is 423. The predicted molar refractivity (Wildman–Crippen MR) is 115 cm³/mol. The molecule has 0 aromatic heterocycles. The fraction of sp³-hybridized carbons (Fsp3) is 0.941. The van der Waals surface area contributed by atoms with Gasteiger partial charge in [-0.1, -0.05) is 53.3 Å². The highest BCUT2D eigenvalue weighted by Crippen LogP contribution is 2.38. The van der Waals surface area contributed by atoms with Crippen molar-refractivity contribution in [2.24, 2.45) is 0 Å². The monoisotopic (exact) mass is 393 g/mol. The lowest BCUT2D eigenvalue weighted by atomic mass is 10.2. The van der Waals surface area contributed by atoms with Crippen LogP contribution >= 0.6 is 11.8 Å². The average Bonchev–Trinajstić information content (AvgIpc) is 2.78. The predicted octanol–water partition coefficient (Wildman–Crippen LogP) is 5.36. The van der Waals surface area contributed by atoms with Crippen molar-refractivity contribution >= 4 is 44.4 Å². The zero-order valence-corrected chi connectivity index (χ0v) is 20.4. The van der Waals surface area contributed by atoms with E-state index in [1.165, 1.54) is 0 Å². The molecule has 136 valence electrons. The molecule has 0 spiro atoms. The number of thioether (sulfide) groups is 1. The summed E-state index contributed by atoms with van der Waals surface area (Å²) in [6, 6.07) is 0. The van der Waals surface area contributed by atoms with Crippen LogP contribution in [0.5, 0.6) is 0 Å². The Labute approximate surface area is 154 Å². The lowest BCUT2D eigenvalue weighted by Gasteiger charge is -2.37. The van der Waals surface area contributed by atoms with Crippen molar-refractivity contribution in [1.29, 1.82) is 0 Å². The molecule has 2 atom stereocenters. The lowest BCUT2D eigenvalue weighted by molar-refractivity contribution is 0.252. The van der Waals surface area contributed by atoms with Crippen LogP contribution in [0.3, 0.4) is 0 Å². The van der Waals surface area contributed by atoms with E-state index in [2.05, 4.69) is 72.4 Å². The van der Waals surface area contributed by atoms with Crippen LogP contribution < -0.4 is 0 Å². The summed E-state index contributed by atoms with van der Waals surface area (Å²) in [7, 11) is -3.32. The van der Waals surface area contributed by atoms with E-state index in [0.717, 1.165) is 13.2 Å². The smallest absolute Gasteiger partial charge is 0.223 e. The minimum atomic E-state index is -1.66. The second-order valence-electron chi connectivity index (χ2n) is 9.59. The van der Waals surface area contributed by atoms with Gasteiger partial charge >= 0.3 is 0 Å². The molecule has 0 aromatic rings. The number of hydrogen-bond acceptors (Lipinski definition) is 3. The second-order valence-corrected chi connectivity index (χ2v) is 21.7. The van der Waals surface area contributed by atoms with Crippen molar-refractivity contribution in [3.63, 3.8) is 0 Å². The molecule has 6 heteroatoms. The zero-order chi connectivity index (χ0) is 18.1. The summed E-state index contributed by atoms with van der Waals surface area (Å²) < 4.78 is 15.2. The Kier molecular flexibility index (Phi) is 7.20. The summed E-state index contributed by atoms with van der Waals surface area (Å²) in [6.07, 6.45) is 0. The first-order chi connectivity index (χ1) is 10.2. The van der Waals surface area contributed by atoms with E-state index < -0.39 is 16.6 Å². The molecular weight excluding hydrogens is 356 g/mol. The van der Waals surface area contributed by atoms with Gasteiger partial charge in [-0.25, -0.2) is 0 Å². The van der Waals surface area contributed by atoms with Gasteiger partial charge in [-0.05, 0) is 36.3 Å². The molecule has 0 N–H and O–H groups in total. The van der Waals surface area contributed by atoms with Gasteiger partial charge < -0.3 is 8.85 Å². The summed E-state index contributed by atoms with van der Waals surface area (Å²) in [5, 5.41) is 1.61. The standard InChI is InChI=1S/C17H37O2S2Si2/c1-16(2,3)22(7,8)18-11-14-15(21-13-20-14)12-19-23(9,10)17(4,5)6/h13-15H,11-12H2,1-10H3/q+1/t14-,15-/m1/s1. The van der Waals surface area contributed by atoms with Gasteiger partial charge in [0.05, 0.1) is 18.5 Å². The van der Waals surface area contributed by atoms with E-state index in [9.17, 15) is 0 Å². The summed E-state index contributed by atoms with van der Waals surface area (Å²) in [5.74, 6) is 0. The van der Waals surface area contributed by atoms with Crippen molar-refractivity contribution in [3.8, 4) is 0 Å². The molecule has 1 aliphatic rings. The van der Waals surface area contributed by atoms with Gasteiger partial charge in [0.1, 0.15) is 0 Å². The normalized spacial score (nSPS) is 23.6. The van der Waals surface area contributed by atoms with Crippen molar-refractivity contribution in [2.75, 3.05) is 13.2 Å². The molecule has 0 aliphatic carbocycles. The van der Waals surface area contributed by atoms with E-state index in [1.54, 1.807) is 0 Å². The lowest BCUT2D eigenvalue weighted by Crippen LogP contribution is -2.45. The minimum absolute atomic E-state index is 0.278. The quantitative estimate of drug-likeness (QED) is 0.344. The minimum Gasteiger partial charge on any atom is -0.415 e. The topological polar surface area (TPSA) is 18.5 Å². The van der Waals surface area contributed by atoms with Crippen molar-refractivity contribution in [3.05, 3.63) is 0 Å². The number of rotatable bonds is 6. The molecule has 0 bridgehead atoms. The van der Waals surface area contributed by atoms with E-state index in [4.69, 9.17) is 8.85 Å². The maximum Gasteiger partial charge on any atom is 0.223 e. The Morgan fingerprint density at radius 1 is 0.870 bits per heavy atom. The Morgan fingerprint density at radius 3 is 1.74 bits per heavy atom. The first-order valence-electron chi connectivity index (χ1n) is 8.58. The van der Waals surface area contributed by atoms with Crippen molar-refractivity contribution < 1.29 is 8.85 Å². The van der Waals surface area contributed by atoms with Crippen LogP contribution in [0.4, 0.5) is 0 Å². The van der Waals surface area contributed by atoms with E-state index >= 15 is 0 Å². The molecule has 1 aliphatic heterocycles. The van der Waals surface area contributed by atoms with Crippen LogP contribution in [0, 0.1) is 0 Å². The third-order valence-electron chi connectivity index (χ3n) is 5.70. The third-order valence-corrected chi connectivity index (χ3v) is 17.4. The Morgan fingerprint density at radius 2 is 1.30 bits per heavy atom. The molecule has 1 rings (SSSR count). The molecule has 0 aromatic carbocycles. The number of hydrogen-bond donors (Lipinski definition) is 0. The van der Waals surface area contributed by atoms with E-state index in [0.29, 0.717) is 10.5 Å². The largest absolute Gasteiger partial charge is 0.415 e. The fourth-order valence-electron chi connectivity index (χ4n) is 1.66. The van der Waals surface area contributed by atoms with Crippen molar-refractivity contribution in [1.82, 2.24) is 0 Å². The molecule has 0 saturated carbocycles. The molecule has 0 radical (unpaired) electrons. The molecule has 23 heavy (non-hydrogen) atoms. The van der Waals surface area contributed by atoms with Crippen LogP contribution in [0.15, 0.2) is 0 Å². The SMILES string of the molecule is CC(C)(C)[Si](C)(C)OC[C@H]1SC=[S+][C@@H]1CO[Si](C)(C)C(C)(C)C. The summed E-state index contributed by atoms with van der Waals surface area (Å²) in [6.45, 7) is 24.9. The van der Waals surface area contributed by atoms with Gasteiger partial charge in [-0.2, -0.15) is 0 Å². The van der Waals surface area contributed by atoms with Gasteiger partial charge in [0.2, 0.25) is 9.95 Å². The summed E-state index contributed by atoms with van der Waals surface area (Å²) in [4.78, 5) is 0. The van der Waals surface area contributed by atoms with Crippen LogP contribution in [-0.4, -0.2) is 45.0 Å². The summed E-state index contributed by atoms with van der Waals surface area (Å²) in [5.41, 5.74) is 0. The molecule has 2 nitrogen and oxygen atoms in total. The summed E-state index contributed by atoms with van der Waals surface area (Å²) >= 11 is 3.86. The first-order valence-corrected chi connectivity index (χ1v) is 16.3. The van der Waals surface area contributed by atoms with Gasteiger partial charge in [-0.15, -0.1) is 0 Å². The molecular formula is C17H37O2S2Si2+. The maximum atomic E-state index is 6.45. The van der Waals surface area contributed by atoms with Crippen LogP contribution in [-0.2, 0) is 20.2 Å². The maximum absolute atomic E-state index is 6.45. The molecule has 0 saturated heterocycles. The van der Waals surface area contributed by atoms with Gasteiger partial charge in [-0.3, -0.25) is 0 Å². The van der Waals surface area contributed by atoms with Crippen LogP contribution in [0.1, 0.15) is 41.5 Å². The first kappa shape index (κ1) is 21.8. The zero-order valence-electron chi connectivity index (χ0n) is 16.8. The highest BCUT2D eigenvalue weighted by Gasteiger charge is 2.44. The third kappa shape index (κ3) is 5.92. The van der Waals surface area contributed by atoms with Gasteiger partial charge in [0.15, 0.2) is 28.0 Å². The average molecular weight is 394 g/mol. The van der Waals surface area contributed by atoms with Crippen LogP contribution in [0.2, 0.25) is 36.3 Å². The van der Waals surface area contributed by atoms with Crippen LogP contribution in [0.25, 0.3) is 0 Å². The molecule has 0 unspecified atom stereocenters. The Hall–Kier alpha value is 0.794.